The second kappa shape index (κ2) is 9.81. The number of alkyl halides is 5. The van der Waals surface area contributed by atoms with Crippen LogP contribution in [0.5, 0.6) is 0 Å². The quantitative estimate of drug-likeness (QED) is 0.317. The summed E-state index contributed by atoms with van der Waals surface area (Å²) in [6.45, 7) is 3.64. The molecular weight excluding hydrogens is 427 g/mol. The Balaban J connectivity index is 1.39. The lowest BCUT2D eigenvalue weighted by Gasteiger charge is -2.40. The molecule has 0 bridgehead atoms. The lowest BCUT2D eigenvalue weighted by atomic mass is 9.97. The van der Waals surface area contributed by atoms with Crippen LogP contribution in [-0.2, 0) is 19.0 Å². The zero-order valence-corrected chi connectivity index (χ0v) is 18.2. The molecule has 0 aromatic carbocycles. The predicted molar refractivity (Wildman–Crippen MR) is 101 cm³/mol. The first-order valence-electron chi connectivity index (χ1n) is 10.8. The van der Waals surface area contributed by atoms with Crippen molar-refractivity contribution in [2.75, 3.05) is 13.2 Å². The molecule has 173 valence electrons. The normalized spacial score (nSPS) is 32.7. The predicted octanol–water partition coefficient (Wildman–Crippen LogP) is 5.34. The minimum Gasteiger partial charge on any atom is -0.458 e. The highest BCUT2D eigenvalue weighted by Crippen LogP contribution is 2.42. The molecule has 0 aromatic heterocycles. The van der Waals surface area contributed by atoms with Crippen LogP contribution in [0.15, 0.2) is 0 Å². The lowest BCUT2D eigenvalue weighted by Crippen LogP contribution is -2.46. The van der Waals surface area contributed by atoms with Gasteiger partial charge in [-0.3, -0.25) is 0 Å². The molecule has 0 amide bonds. The molecule has 3 fully saturated rings. The third-order valence-electron chi connectivity index (χ3n) is 6.76. The third kappa shape index (κ3) is 5.54. The van der Waals surface area contributed by atoms with E-state index in [2.05, 4.69) is 11.7 Å². The highest BCUT2D eigenvalue weighted by Gasteiger charge is 2.65. The number of carbonyl (C=O) groups is 1. The molecule has 1 aliphatic carbocycles. The van der Waals surface area contributed by atoms with Crippen molar-refractivity contribution in [1.29, 1.82) is 0 Å². The highest BCUT2D eigenvalue weighted by atomic mass is 28.3. The summed E-state index contributed by atoms with van der Waals surface area (Å²) < 4.78 is 79.3. The van der Waals surface area contributed by atoms with E-state index < -0.39 is 33.0 Å². The van der Waals surface area contributed by atoms with Gasteiger partial charge in [-0.05, 0) is 50.5 Å². The molecule has 1 saturated carbocycles. The number of carbonyl (C=O) groups excluding carboxylic acids is 1. The molecule has 2 saturated heterocycles. The first-order valence-corrected chi connectivity index (χ1v) is 12.8. The fourth-order valence-electron chi connectivity index (χ4n) is 4.69. The number of hydrogen-bond acceptors (Lipinski definition) is 4. The van der Waals surface area contributed by atoms with Crippen LogP contribution >= 0.6 is 0 Å². The molecule has 1 radical (unpaired) electrons. The van der Waals surface area contributed by atoms with Crippen LogP contribution in [0, 0.1) is 11.8 Å². The zero-order valence-electron chi connectivity index (χ0n) is 17.2. The molecular formula is C20H30F5O4Si. The van der Waals surface area contributed by atoms with Gasteiger partial charge in [-0.2, -0.15) is 22.0 Å². The SMILES string of the molecule is CCC1COC(C2CC[Si](C3CCC(OC(=O)C(F)(F)C(F)(F)F)CC3)CC2)OC1. The van der Waals surface area contributed by atoms with Crippen LogP contribution in [0.2, 0.25) is 17.6 Å². The summed E-state index contributed by atoms with van der Waals surface area (Å²) in [4.78, 5) is 11.3. The highest BCUT2D eigenvalue weighted by molar-refractivity contribution is 6.60. The van der Waals surface area contributed by atoms with Gasteiger partial charge in [0.15, 0.2) is 6.29 Å². The van der Waals surface area contributed by atoms with E-state index in [1.54, 1.807) is 0 Å². The Morgan fingerprint density at radius 2 is 1.53 bits per heavy atom. The maximum atomic E-state index is 13.1. The molecule has 3 rings (SSSR count). The van der Waals surface area contributed by atoms with Gasteiger partial charge in [-0.1, -0.05) is 19.0 Å². The number of esters is 1. The van der Waals surface area contributed by atoms with Gasteiger partial charge in [0, 0.05) is 11.8 Å². The van der Waals surface area contributed by atoms with Crippen molar-refractivity contribution in [3.8, 4) is 0 Å². The maximum Gasteiger partial charge on any atom is 0.465 e. The Labute approximate surface area is 175 Å². The van der Waals surface area contributed by atoms with Gasteiger partial charge in [0.1, 0.15) is 6.10 Å². The summed E-state index contributed by atoms with van der Waals surface area (Å²) in [6, 6.07) is 2.27. The molecule has 0 spiro atoms. The van der Waals surface area contributed by atoms with Gasteiger partial charge in [0.2, 0.25) is 0 Å². The molecule has 2 aliphatic heterocycles. The molecule has 10 heteroatoms. The van der Waals surface area contributed by atoms with Crippen molar-refractivity contribution >= 4 is 14.8 Å². The molecule has 0 aromatic rings. The van der Waals surface area contributed by atoms with E-state index >= 15 is 0 Å². The molecule has 4 nitrogen and oxygen atoms in total. The Morgan fingerprint density at radius 3 is 2.03 bits per heavy atom. The summed E-state index contributed by atoms with van der Waals surface area (Å²) >= 11 is 0. The van der Waals surface area contributed by atoms with E-state index in [4.69, 9.17) is 9.47 Å². The van der Waals surface area contributed by atoms with Crippen LogP contribution in [0.1, 0.15) is 51.9 Å². The van der Waals surface area contributed by atoms with E-state index in [1.807, 2.05) is 0 Å². The summed E-state index contributed by atoms with van der Waals surface area (Å²) in [5.41, 5.74) is 0.492. The van der Waals surface area contributed by atoms with E-state index in [9.17, 15) is 26.7 Å². The number of ether oxygens (including phenoxy) is 3. The van der Waals surface area contributed by atoms with Crippen molar-refractivity contribution in [2.24, 2.45) is 11.8 Å². The fourth-order valence-corrected chi connectivity index (χ4v) is 8.39. The first kappa shape index (κ1) is 23.9. The van der Waals surface area contributed by atoms with Gasteiger partial charge in [0.25, 0.3) is 0 Å². The number of rotatable bonds is 5. The molecule has 0 atom stereocenters. The van der Waals surface area contributed by atoms with Crippen molar-refractivity contribution in [3.63, 3.8) is 0 Å². The molecule has 3 aliphatic rings. The summed E-state index contributed by atoms with van der Waals surface area (Å²) in [5.74, 6) is -7.04. The van der Waals surface area contributed by atoms with Crippen LogP contribution in [0.3, 0.4) is 0 Å². The van der Waals surface area contributed by atoms with Gasteiger partial charge >= 0.3 is 18.1 Å². The van der Waals surface area contributed by atoms with Crippen molar-refractivity contribution in [1.82, 2.24) is 0 Å². The van der Waals surface area contributed by atoms with Crippen molar-refractivity contribution < 1.29 is 41.0 Å². The lowest BCUT2D eigenvalue weighted by molar-refractivity contribution is -0.282. The molecule has 0 unspecified atom stereocenters. The maximum absolute atomic E-state index is 13.1. The van der Waals surface area contributed by atoms with Crippen molar-refractivity contribution in [2.45, 2.75) is 94.0 Å². The Bertz CT molecular complexity index is 564. The van der Waals surface area contributed by atoms with Gasteiger partial charge < -0.3 is 14.2 Å². The summed E-state index contributed by atoms with van der Waals surface area (Å²) in [7, 11) is -0.616. The minimum absolute atomic E-state index is 0.109. The Morgan fingerprint density at radius 1 is 0.967 bits per heavy atom. The Kier molecular flexibility index (Phi) is 7.82. The minimum atomic E-state index is -5.92. The smallest absolute Gasteiger partial charge is 0.458 e. The van der Waals surface area contributed by atoms with E-state index in [0.717, 1.165) is 57.4 Å². The molecule has 2 heterocycles. The second-order valence-electron chi connectivity index (χ2n) is 8.76. The fraction of sp³-hybridized carbons (Fsp3) is 0.950. The third-order valence-corrected chi connectivity index (χ3v) is 10.4. The zero-order chi connectivity index (χ0) is 21.9. The van der Waals surface area contributed by atoms with E-state index in [0.29, 0.717) is 30.2 Å². The monoisotopic (exact) mass is 457 g/mol. The van der Waals surface area contributed by atoms with Crippen LogP contribution in [0.25, 0.3) is 0 Å². The van der Waals surface area contributed by atoms with E-state index in [1.165, 1.54) is 0 Å². The van der Waals surface area contributed by atoms with Gasteiger partial charge in [-0.25, -0.2) is 4.79 Å². The Hall–Kier alpha value is -0.743. The van der Waals surface area contributed by atoms with Crippen LogP contribution < -0.4 is 0 Å². The van der Waals surface area contributed by atoms with Crippen molar-refractivity contribution in [3.05, 3.63) is 0 Å². The largest absolute Gasteiger partial charge is 0.465 e. The standard InChI is InChI=1S/C20H30F5O4Si/c1-2-13-11-27-17(28-12-13)14-7-9-30(10-8-14)16-5-3-15(4-6-16)29-18(26)19(21,22)20(23,24)25/h13-17H,2-12H2,1H3. The first-order chi connectivity index (χ1) is 14.1. The summed E-state index contributed by atoms with van der Waals surface area (Å²) in [6.07, 6.45) is -1.55. The van der Waals surface area contributed by atoms with Gasteiger partial charge in [-0.15, -0.1) is 0 Å². The van der Waals surface area contributed by atoms with Crippen LogP contribution in [0.4, 0.5) is 22.0 Å². The second-order valence-corrected chi connectivity index (χ2v) is 11.9. The van der Waals surface area contributed by atoms with Crippen LogP contribution in [-0.4, -0.2) is 52.5 Å². The summed E-state index contributed by atoms with van der Waals surface area (Å²) in [5, 5.41) is 0. The number of hydrogen-bond donors (Lipinski definition) is 0. The molecule has 0 N–H and O–H groups in total. The number of halogens is 5. The van der Waals surface area contributed by atoms with E-state index in [-0.39, 0.29) is 6.29 Å². The topological polar surface area (TPSA) is 44.8 Å². The average molecular weight is 458 g/mol. The average Bonchev–Trinajstić information content (AvgIpc) is 2.73. The van der Waals surface area contributed by atoms with Gasteiger partial charge in [0.05, 0.1) is 22.0 Å². The molecule has 30 heavy (non-hydrogen) atoms.